The molecule has 0 aliphatic heterocycles. The van der Waals surface area contributed by atoms with Crippen molar-refractivity contribution in [3.63, 3.8) is 0 Å². The highest BCUT2D eigenvalue weighted by molar-refractivity contribution is 7.15. The van der Waals surface area contributed by atoms with Gasteiger partial charge in [-0.3, -0.25) is 4.79 Å². The van der Waals surface area contributed by atoms with Crippen LogP contribution in [-0.4, -0.2) is 36.6 Å². The number of esters is 1. The molecular formula is C25H25N3O3S. The molecule has 6 nitrogen and oxygen atoms in total. The quantitative estimate of drug-likeness (QED) is 0.253. The number of anilines is 1. The van der Waals surface area contributed by atoms with Gasteiger partial charge in [-0.05, 0) is 37.1 Å². The molecule has 0 saturated heterocycles. The molecule has 0 saturated carbocycles. The lowest BCUT2D eigenvalue weighted by Crippen LogP contribution is -2.29. The van der Waals surface area contributed by atoms with Crippen LogP contribution in [0.5, 0.6) is 0 Å². The Bertz CT molecular complexity index is 1210. The van der Waals surface area contributed by atoms with Crippen LogP contribution in [0.3, 0.4) is 0 Å². The van der Waals surface area contributed by atoms with Crippen molar-refractivity contribution in [2.45, 2.75) is 13.3 Å². The summed E-state index contributed by atoms with van der Waals surface area (Å²) in [6, 6.07) is 17.8. The summed E-state index contributed by atoms with van der Waals surface area (Å²) < 4.78 is 5.24. The summed E-state index contributed by atoms with van der Waals surface area (Å²) in [6.07, 6.45) is 2.82. The number of ether oxygens (including phenoxy) is 1. The minimum absolute atomic E-state index is 0.156. The van der Waals surface area contributed by atoms with E-state index in [-0.39, 0.29) is 19.1 Å². The van der Waals surface area contributed by atoms with Crippen molar-refractivity contribution < 1.29 is 14.3 Å². The first-order chi connectivity index (χ1) is 15.7. The van der Waals surface area contributed by atoms with Crippen LogP contribution in [0.4, 0.5) is 5.00 Å². The fourth-order valence-corrected chi connectivity index (χ4v) is 4.59. The molecule has 7 heteroatoms. The topological polar surface area (TPSA) is 83.2 Å². The van der Waals surface area contributed by atoms with E-state index in [2.05, 4.69) is 21.7 Å². The van der Waals surface area contributed by atoms with Crippen molar-refractivity contribution in [3.05, 3.63) is 77.3 Å². The van der Waals surface area contributed by atoms with Crippen LogP contribution in [0.15, 0.2) is 66.2 Å². The summed E-state index contributed by atoms with van der Waals surface area (Å²) >= 11 is 1.33. The SMILES string of the molecule is CCOC(=O)c1c(-c2ccccc2)csc1NC(=O)CNCCc1c[nH]c2ccccc12. The Morgan fingerprint density at radius 3 is 2.66 bits per heavy atom. The first-order valence-electron chi connectivity index (χ1n) is 10.6. The number of para-hydroxylation sites is 1. The largest absolute Gasteiger partial charge is 0.462 e. The van der Waals surface area contributed by atoms with Gasteiger partial charge >= 0.3 is 5.97 Å². The van der Waals surface area contributed by atoms with Gasteiger partial charge in [0.25, 0.3) is 0 Å². The maximum atomic E-state index is 12.6. The summed E-state index contributed by atoms with van der Waals surface area (Å²) in [5.74, 6) is -0.633. The second-order valence-electron chi connectivity index (χ2n) is 7.27. The summed E-state index contributed by atoms with van der Waals surface area (Å²) in [5, 5.41) is 9.64. The van der Waals surface area contributed by atoms with Gasteiger partial charge in [0.1, 0.15) is 10.6 Å². The number of fused-ring (bicyclic) bond motifs is 1. The third-order valence-corrected chi connectivity index (χ3v) is 6.04. The number of hydrogen-bond acceptors (Lipinski definition) is 5. The molecule has 0 radical (unpaired) electrons. The molecule has 32 heavy (non-hydrogen) atoms. The third-order valence-electron chi connectivity index (χ3n) is 5.14. The lowest BCUT2D eigenvalue weighted by Gasteiger charge is -2.09. The summed E-state index contributed by atoms with van der Waals surface area (Å²) in [6.45, 7) is 2.86. The van der Waals surface area contributed by atoms with Gasteiger partial charge in [0.05, 0.1) is 13.2 Å². The van der Waals surface area contributed by atoms with Gasteiger partial charge in [-0.1, -0.05) is 48.5 Å². The van der Waals surface area contributed by atoms with E-state index in [4.69, 9.17) is 4.74 Å². The first-order valence-corrected chi connectivity index (χ1v) is 11.4. The number of nitrogens with one attached hydrogen (secondary N) is 3. The molecule has 3 N–H and O–H groups in total. The number of carbonyl (C=O) groups excluding carboxylic acids is 2. The molecule has 4 rings (SSSR count). The summed E-state index contributed by atoms with van der Waals surface area (Å²) in [4.78, 5) is 28.4. The highest BCUT2D eigenvalue weighted by Crippen LogP contribution is 2.36. The molecule has 2 aromatic carbocycles. The van der Waals surface area contributed by atoms with Gasteiger partial charge < -0.3 is 20.4 Å². The number of amides is 1. The molecule has 0 fully saturated rings. The number of rotatable bonds is 9. The molecule has 164 valence electrons. The fourth-order valence-electron chi connectivity index (χ4n) is 3.62. The molecule has 0 aliphatic rings. The third kappa shape index (κ3) is 4.90. The molecule has 0 spiro atoms. The maximum Gasteiger partial charge on any atom is 0.341 e. The van der Waals surface area contributed by atoms with Crippen molar-refractivity contribution >= 4 is 39.1 Å². The number of hydrogen-bond donors (Lipinski definition) is 3. The Kier molecular flexibility index (Phi) is 6.99. The van der Waals surface area contributed by atoms with E-state index in [1.54, 1.807) is 6.92 Å². The fraction of sp³-hybridized carbons (Fsp3) is 0.200. The minimum atomic E-state index is -0.435. The van der Waals surface area contributed by atoms with E-state index in [1.165, 1.54) is 22.3 Å². The predicted octanol–water partition coefficient (Wildman–Crippen LogP) is 4.84. The molecular weight excluding hydrogens is 422 g/mol. The highest BCUT2D eigenvalue weighted by Gasteiger charge is 2.22. The lowest BCUT2D eigenvalue weighted by atomic mass is 10.0. The Balaban J connectivity index is 1.38. The normalized spacial score (nSPS) is 10.9. The van der Waals surface area contributed by atoms with E-state index in [0.29, 0.717) is 17.1 Å². The van der Waals surface area contributed by atoms with E-state index in [1.807, 2.05) is 60.1 Å². The number of aromatic nitrogens is 1. The van der Waals surface area contributed by atoms with Crippen molar-refractivity contribution in [1.29, 1.82) is 0 Å². The number of thiophene rings is 1. The smallest absolute Gasteiger partial charge is 0.341 e. The highest BCUT2D eigenvalue weighted by atomic mass is 32.1. The van der Waals surface area contributed by atoms with Crippen molar-refractivity contribution in [3.8, 4) is 11.1 Å². The molecule has 2 aromatic heterocycles. The van der Waals surface area contributed by atoms with Crippen molar-refractivity contribution in [2.75, 3.05) is 25.0 Å². The summed E-state index contributed by atoms with van der Waals surface area (Å²) in [7, 11) is 0. The van der Waals surface area contributed by atoms with Crippen LogP contribution in [0, 0.1) is 0 Å². The molecule has 1 amide bonds. The molecule has 0 bridgehead atoms. The van der Waals surface area contributed by atoms with Crippen molar-refractivity contribution in [1.82, 2.24) is 10.3 Å². The zero-order valence-electron chi connectivity index (χ0n) is 17.8. The van der Waals surface area contributed by atoms with E-state index in [9.17, 15) is 9.59 Å². The first kappa shape index (κ1) is 21.8. The number of carbonyl (C=O) groups is 2. The van der Waals surface area contributed by atoms with Gasteiger partial charge in [-0.25, -0.2) is 4.79 Å². The lowest BCUT2D eigenvalue weighted by molar-refractivity contribution is -0.115. The standard InChI is InChI=1S/C25H25N3O3S/c1-2-31-25(30)23-20(17-8-4-3-5-9-17)16-32-24(23)28-22(29)15-26-13-12-18-14-27-21-11-7-6-10-19(18)21/h3-11,14,16,26-27H,2,12-13,15H2,1H3,(H,28,29). The second-order valence-corrected chi connectivity index (χ2v) is 8.15. The van der Waals surface area contributed by atoms with Crippen LogP contribution in [0.25, 0.3) is 22.0 Å². The van der Waals surface area contributed by atoms with E-state index in [0.717, 1.165) is 23.1 Å². The average Bonchev–Trinajstić information content (AvgIpc) is 3.42. The van der Waals surface area contributed by atoms with Crippen LogP contribution in [0.1, 0.15) is 22.8 Å². The number of aromatic amines is 1. The van der Waals surface area contributed by atoms with Gasteiger partial charge in [0.15, 0.2) is 0 Å². The van der Waals surface area contributed by atoms with Crippen LogP contribution < -0.4 is 10.6 Å². The zero-order chi connectivity index (χ0) is 22.3. The molecule has 0 unspecified atom stereocenters. The van der Waals surface area contributed by atoms with Gasteiger partial charge in [0, 0.05) is 28.0 Å². The average molecular weight is 448 g/mol. The molecule has 4 aromatic rings. The van der Waals surface area contributed by atoms with E-state index < -0.39 is 5.97 Å². The van der Waals surface area contributed by atoms with Gasteiger partial charge in [0.2, 0.25) is 5.91 Å². The minimum Gasteiger partial charge on any atom is -0.462 e. The second kappa shape index (κ2) is 10.3. The number of benzene rings is 2. The Hall–Kier alpha value is -3.42. The Morgan fingerprint density at radius 1 is 1.06 bits per heavy atom. The molecule has 0 aliphatic carbocycles. The molecule has 2 heterocycles. The van der Waals surface area contributed by atoms with E-state index >= 15 is 0 Å². The Morgan fingerprint density at radius 2 is 1.84 bits per heavy atom. The summed E-state index contributed by atoms with van der Waals surface area (Å²) in [5.41, 5.74) is 4.39. The number of H-pyrrole nitrogens is 1. The maximum absolute atomic E-state index is 12.6. The van der Waals surface area contributed by atoms with Gasteiger partial charge in [-0.15, -0.1) is 11.3 Å². The Labute approximate surface area is 190 Å². The van der Waals surface area contributed by atoms with Gasteiger partial charge in [-0.2, -0.15) is 0 Å². The van der Waals surface area contributed by atoms with Crippen LogP contribution in [0.2, 0.25) is 0 Å². The molecule has 0 atom stereocenters. The van der Waals surface area contributed by atoms with Crippen LogP contribution in [-0.2, 0) is 16.0 Å². The van der Waals surface area contributed by atoms with Crippen molar-refractivity contribution in [2.24, 2.45) is 0 Å². The monoisotopic (exact) mass is 447 g/mol. The van der Waals surface area contributed by atoms with Crippen LogP contribution >= 0.6 is 11.3 Å². The zero-order valence-corrected chi connectivity index (χ0v) is 18.6. The predicted molar refractivity (Wildman–Crippen MR) is 129 cm³/mol.